The van der Waals surface area contributed by atoms with Gasteiger partial charge >= 0.3 is 5.97 Å². The molecule has 0 unspecified atom stereocenters. The molecule has 0 bridgehead atoms. The maximum Gasteiger partial charge on any atom is 0.358 e. The highest BCUT2D eigenvalue weighted by Crippen LogP contribution is 2.47. The lowest BCUT2D eigenvalue weighted by Gasteiger charge is -2.50. The van der Waals surface area contributed by atoms with E-state index in [1.54, 1.807) is 25.1 Å². The lowest BCUT2D eigenvalue weighted by molar-refractivity contribution is -0.158. The first-order chi connectivity index (χ1) is 15.0. The van der Waals surface area contributed by atoms with Gasteiger partial charge in [0.15, 0.2) is 14.0 Å². The van der Waals surface area contributed by atoms with Gasteiger partial charge in [-0.1, -0.05) is 39.0 Å². The number of ether oxygens (including phenoxy) is 1. The Morgan fingerprint density at radius 1 is 1.21 bits per heavy atom. The number of aliphatic hydroxyl groups is 1. The van der Waals surface area contributed by atoms with Crippen LogP contribution in [0.25, 0.3) is 0 Å². The maximum atomic E-state index is 13.2. The molecule has 1 N–H and O–H groups in total. The molecule has 0 aromatic heterocycles. The van der Waals surface area contributed by atoms with Crippen molar-refractivity contribution in [1.29, 1.82) is 0 Å². The number of rotatable bonds is 8. The Morgan fingerprint density at radius 2 is 1.76 bits per heavy atom. The van der Waals surface area contributed by atoms with Crippen LogP contribution in [0.15, 0.2) is 46.7 Å². The van der Waals surface area contributed by atoms with E-state index in [-0.39, 0.29) is 15.6 Å². The van der Waals surface area contributed by atoms with Crippen molar-refractivity contribution in [2.24, 2.45) is 5.92 Å². The minimum Gasteiger partial charge on any atom is -0.510 e. The number of hydrogen-bond donors (Lipinski definition) is 1. The molecule has 184 valence electrons. The van der Waals surface area contributed by atoms with Crippen molar-refractivity contribution in [3.05, 3.63) is 41.8 Å². The first-order valence-corrected chi connectivity index (χ1v) is 16.3. The van der Waals surface area contributed by atoms with E-state index < -0.39 is 52.2 Å². The summed E-state index contributed by atoms with van der Waals surface area (Å²) in [6, 6.07) is 7.84. The summed E-state index contributed by atoms with van der Waals surface area (Å²) in [7, 11) is -4.48. The van der Waals surface area contributed by atoms with Gasteiger partial charge in [-0.05, 0) is 54.9 Å². The molecule has 0 saturated carbocycles. The fourth-order valence-electron chi connectivity index (χ4n) is 3.26. The van der Waals surface area contributed by atoms with E-state index in [2.05, 4.69) is 20.8 Å². The second-order valence-electron chi connectivity index (χ2n) is 9.50. The number of allylic oxidation sites excluding steroid dienone is 1. The molecule has 1 fully saturated rings. The van der Waals surface area contributed by atoms with Crippen LogP contribution in [0.4, 0.5) is 0 Å². The van der Waals surface area contributed by atoms with Gasteiger partial charge in [0, 0.05) is 0 Å². The average Bonchev–Trinajstić information content (AvgIpc) is 2.70. The maximum absolute atomic E-state index is 13.2. The van der Waals surface area contributed by atoms with E-state index >= 15 is 0 Å². The fourth-order valence-corrected chi connectivity index (χ4v) is 8.37. The van der Waals surface area contributed by atoms with E-state index in [1.807, 2.05) is 13.1 Å². The molecule has 1 saturated heterocycles. The number of hydrogen-bond acceptors (Lipinski definition) is 8. The SMILES string of the molecule is COC(=O)C(=C(C)O)N1C(=O)[C@H]([C@@H](C)O[Si](C)(C)C(C)(C)C)[C@H]1SS(=O)(=O)c1ccccc1. The normalized spacial score (nSPS) is 21.2. The van der Waals surface area contributed by atoms with Gasteiger partial charge < -0.3 is 14.3 Å². The van der Waals surface area contributed by atoms with Crippen molar-refractivity contribution >= 4 is 39.9 Å². The Labute approximate surface area is 200 Å². The molecule has 33 heavy (non-hydrogen) atoms. The van der Waals surface area contributed by atoms with Crippen LogP contribution in [-0.2, 0) is 27.6 Å². The number of carbonyl (C=O) groups excluding carboxylic acids is 2. The van der Waals surface area contributed by atoms with Crippen LogP contribution >= 0.6 is 10.8 Å². The zero-order valence-electron chi connectivity index (χ0n) is 20.3. The monoisotopic (exact) mass is 515 g/mol. The summed E-state index contributed by atoms with van der Waals surface area (Å²) in [5, 5.41) is 9.01. The molecule has 1 aliphatic rings. The molecule has 11 heteroatoms. The van der Waals surface area contributed by atoms with Gasteiger partial charge in [-0.3, -0.25) is 9.69 Å². The minimum absolute atomic E-state index is 0.0790. The van der Waals surface area contributed by atoms with Crippen molar-refractivity contribution in [3.63, 3.8) is 0 Å². The number of nitrogens with zero attached hydrogens (tertiary/aromatic N) is 1. The van der Waals surface area contributed by atoms with Gasteiger partial charge in [0.25, 0.3) is 0 Å². The lowest BCUT2D eigenvalue weighted by atomic mass is 9.92. The van der Waals surface area contributed by atoms with E-state index in [1.165, 1.54) is 19.1 Å². The Kier molecular flexibility index (Phi) is 8.15. The van der Waals surface area contributed by atoms with E-state index in [0.717, 1.165) is 12.0 Å². The molecule has 8 nitrogen and oxygen atoms in total. The highest BCUT2D eigenvalue weighted by molar-refractivity contribution is 8.72. The van der Waals surface area contributed by atoms with Crippen LogP contribution < -0.4 is 0 Å². The number of methoxy groups -OCH3 is 1. The zero-order valence-corrected chi connectivity index (χ0v) is 22.9. The number of β-lactam (4-membered cyclic amide) rings is 1. The minimum atomic E-state index is -3.88. The van der Waals surface area contributed by atoms with Gasteiger partial charge in [-0.25, -0.2) is 13.2 Å². The number of carbonyl (C=O) groups is 2. The topological polar surface area (TPSA) is 110 Å². The third kappa shape index (κ3) is 5.64. The molecule has 0 aliphatic carbocycles. The molecule has 0 radical (unpaired) electrons. The van der Waals surface area contributed by atoms with Gasteiger partial charge in [-0.2, -0.15) is 0 Å². The highest BCUT2D eigenvalue weighted by Gasteiger charge is 2.57. The first kappa shape index (κ1) is 27.4. The molecular weight excluding hydrogens is 482 g/mol. The van der Waals surface area contributed by atoms with Crippen LogP contribution in [0, 0.1) is 5.92 Å². The zero-order chi connectivity index (χ0) is 25.4. The molecule has 3 atom stereocenters. The number of aliphatic hydroxyl groups excluding tert-OH is 1. The summed E-state index contributed by atoms with van der Waals surface area (Å²) in [4.78, 5) is 26.7. The van der Waals surface area contributed by atoms with Crippen LogP contribution in [0.3, 0.4) is 0 Å². The Balaban J connectivity index is 2.48. The summed E-state index contributed by atoms with van der Waals surface area (Å²) in [6.45, 7) is 13.3. The second-order valence-corrected chi connectivity index (χ2v) is 18.2. The standard InChI is InChI=1S/C22H33NO7S2Si/c1-14(24)18(21(26)29-6)23-19(25)17(15(2)30-33(7,8)22(3,4)5)20(23)31-32(27,28)16-12-10-9-11-13-16/h9-13,15,17,20,24H,1-8H3/t15-,17+,20-/m1/s1. The third-order valence-corrected chi connectivity index (χ3v) is 14.4. The number of likely N-dealkylation sites (tertiary alicyclic amines) is 1. The van der Waals surface area contributed by atoms with Crippen molar-refractivity contribution in [3.8, 4) is 0 Å². The number of esters is 1. The second kappa shape index (κ2) is 9.81. The van der Waals surface area contributed by atoms with Gasteiger partial charge in [0.05, 0.1) is 24.0 Å². The molecule has 1 amide bonds. The summed E-state index contributed by atoms with van der Waals surface area (Å²) < 4.78 is 37.4. The molecule has 1 aromatic rings. The quantitative estimate of drug-likeness (QED) is 0.137. The van der Waals surface area contributed by atoms with Gasteiger partial charge in [0.2, 0.25) is 14.8 Å². The average molecular weight is 516 g/mol. The summed E-state index contributed by atoms with van der Waals surface area (Å²) in [6.07, 6.45) is -0.601. The summed E-state index contributed by atoms with van der Waals surface area (Å²) in [5.74, 6) is -2.70. The van der Waals surface area contributed by atoms with Crippen LogP contribution in [0.2, 0.25) is 18.1 Å². The predicted molar refractivity (Wildman–Crippen MR) is 130 cm³/mol. The molecule has 1 heterocycles. The lowest BCUT2D eigenvalue weighted by Crippen LogP contribution is -2.64. The van der Waals surface area contributed by atoms with E-state index in [0.29, 0.717) is 10.8 Å². The largest absolute Gasteiger partial charge is 0.510 e. The van der Waals surface area contributed by atoms with Gasteiger partial charge in [-0.15, -0.1) is 0 Å². The summed E-state index contributed by atoms with van der Waals surface area (Å²) in [5.41, 5.74) is -0.376. The van der Waals surface area contributed by atoms with E-state index in [4.69, 9.17) is 9.16 Å². The molecule has 0 spiro atoms. The van der Waals surface area contributed by atoms with Crippen LogP contribution in [0.5, 0.6) is 0 Å². The van der Waals surface area contributed by atoms with Crippen molar-refractivity contribution in [2.75, 3.05) is 7.11 Å². The summed E-state index contributed by atoms with van der Waals surface area (Å²) >= 11 is 0. The third-order valence-electron chi connectivity index (χ3n) is 6.10. The molecular formula is C22H33NO7S2Si. The number of amides is 1. The first-order valence-electron chi connectivity index (χ1n) is 10.5. The fraction of sp³-hybridized carbons (Fsp3) is 0.545. The van der Waals surface area contributed by atoms with Gasteiger partial charge in [0.1, 0.15) is 11.1 Å². The number of benzene rings is 1. The van der Waals surface area contributed by atoms with E-state index in [9.17, 15) is 23.1 Å². The molecule has 2 rings (SSSR count). The van der Waals surface area contributed by atoms with Crippen molar-refractivity contribution in [2.45, 2.75) is 69.1 Å². The smallest absolute Gasteiger partial charge is 0.358 e. The molecule has 1 aromatic carbocycles. The van der Waals surface area contributed by atoms with Crippen LogP contribution in [0.1, 0.15) is 34.6 Å². The molecule has 1 aliphatic heterocycles. The van der Waals surface area contributed by atoms with Crippen LogP contribution in [-0.4, -0.2) is 57.2 Å². The Morgan fingerprint density at radius 3 is 2.21 bits per heavy atom. The Hall–Kier alpha value is -1.82. The predicted octanol–water partition coefficient (Wildman–Crippen LogP) is 4.27. The highest BCUT2D eigenvalue weighted by atomic mass is 33.1. The van der Waals surface area contributed by atoms with Crippen molar-refractivity contribution < 1.29 is 32.3 Å². The Bertz CT molecular complexity index is 1030. The van der Waals surface area contributed by atoms with Crippen molar-refractivity contribution in [1.82, 2.24) is 4.90 Å².